The molecule has 4 heteroatoms. The van der Waals surface area contributed by atoms with Crippen LogP contribution < -0.4 is 0 Å². The van der Waals surface area contributed by atoms with Gasteiger partial charge in [-0.2, -0.15) is 0 Å². The van der Waals surface area contributed by atoms with Gasteiger partial charge in [0.15, 0.2) is 6.29 Å². The Labute approximate surface area is 183 Å². The van der Waals surface area contributed by atoms with Crippen LogP contribution in [0.1, 0.15) is 89.2 Å². The lowest BCUT2D eigenvalue weighted by molar-refractivity contribution is -0.197. The molecule has 1 heterocycles. The molecular formula is C26H40O4. The van der Waals surface area contributed by atoms with Gasteiger partial charge in [-0.1, -0.05) is 57.9 Å². The monoisotopic (exact) mass is 416 g/mol. The molecule has 0 bridgehead atoms. The second kappa shape index (κ2) is 10.1. The molecule has 1 unspecified atom stereocenters. The van der Waals surface area contributed by atoms with Gasteiger partial charge in [0, 0.05) is 11.0 Å². The van der Waals surface area contributed by atoms with Gasteiger partial charge in [-0.3, -0.25) is 4.79 Å². The number of esters is 1. The Balaban J connectivity index is 2.33. The first-order chi connectivity index (χ1) is 14.0. The molecule has 1 atom stereocenters. The molecule has 2 rings (SSSR count). The van der Waals surface area contributed by atoms with Crippen molar-refractivity contribution in [2.24, 2.45) is 10.8 Å². The average Bonchev–Trinajstić information content (AvgIpc) is 2.67. The normalized spacial score (nSPS) is 18.5. The summed E-state index contributed by atoms with van der Waals surface area (Å²) in [6, 6.07) is 4.31. The second-order valence-electron chi connectivity index (χ2n) is 10.0. The van der Waals surface area contributed by atoms with Crippen molar-refractivity contribution in [1.29, 1.82) is 0 Å². The van der Waals surface area contributed by atoms with Crippen LogP contribution in [0.15, 0.2) is 18.2 Å². The van der Waals surface area contributed by atoms with Gasteiger partial charge in [0.25, 0.3) is 0 Å². The van der Waals surface area contributed by atoms with Crippen LogP contribution in [0.25, 0.3) is 6.08 Å². The molecule has 1 saturated heterocycles. The van der Waals surface area contributed by atoms with Crippen LogP contribution in [0.2, 0.25) is 0 Å². The molecule has 1 aromatic rings. The molecule has 1 aliphatic rings. The van der Waals surface area contributed by atoms with Crippen LogP contribution in [-0.2, 0) is 19.0 Å². The third-order valence-electron chi connectivity index (χ3n) is 5.84. The zero-order valence-electron chi connectivity index (χ0n) is 20.1. The van der Waals surface area contributed by atoms with E-state index in [2.05, 4.69) is 52.8 Å². The first-order valence-corrected chi connectivity index (χ1v) is 11.2. The lowest BCUT2D eigenvalue weighted by Gasteiger charge is -2.33. The Morgan fingerprint density at radius 2 is 1.87 bits per heavy atom. The van der Waals surface area contributed by atoms with Crippen LogP contribution in [0.5, 0.6) is 0 Å². The van der Waals surface area contributed by atoms with E-state index in [-0.39, 0.29) is 23.8 Å². The first kappa shape index (κ1) is 24.6. The molecule has 0 saturated carbocycles. The number of hydrogen-bond donors (Lipinski definition) is 0. The van der Waals surface area contributed by atoms with Crippen molar-refractivity contribution < 1.29 is 19.0 Å². The number of hydrogen-bond acceptors (Lipinski definition) is 4. The van der Waals surface area contributed by atoms with E-state index in [4.69, 9.17) is 14.2 Å². The van der Waals surface area contributed by atoms with Crippen molar-refractivity contribution >= 4 is 12.0 Å². The molecule has 0 N–H and O–H groups in total. The Kier molecular flexibility index (Phi) is 8.29. The van der Waals surface area contributed by atoms with Gasteiger partial charge in [-0.25, -0.2) is 0 Å². The minimum Gasteiger partial charge on any atom is -0.457 e. The van der Waals surface area contributed by atoms with Crippen LogP contribution in [0, 0.1) is 24.7 Å². The number of carbonyl (C=O) groups is 1. The van der Waals surface area contributed by atoms with Gasteiger partial charge in [0.05, 0.1) is 18.6 Å². The van der Waals surface area contributed by atoms with E-state index >= 15 is 0 Å². The fourth-order valence-corrected chi connectivity index (χ4v) is 3.47. The molecule has 168 valence electrons. The highest BCUT2D eigenvalue weighted by Gasteiger charge is 2.31. The smallest absolute Gasteiger partial charge is 0.312 e. The molecule has 1 aromatic carbocycles. The number of benzene rings is 1. The zero-order chi connectivity index (χ0) is 22.5. The summed E-state index contributed by atoms with van der Waals surface area (Å²) in [6.07, 6.45) is 5.89. The maximum Gasteiger partial charge on any atom is 0.312 e. The molecule has 0 amide bonds. The van der Waals surface area contributed by atoms with Crippen molar-refractivity contribution in [2.75, 3.05) is 13.2 Å². The summed E-state index contributed by atoms with van der Waals surface area (Å²) in [7, 11) is 0. The summed E-state index contributed by atoms with van der Waals surface area (Å²) < 4.78 is 17.8. The maximum atomic E-state index is 12.8. The van der Waals surface area contributed by atoms with Crippen LogP contribution in [-0.4, -0.2) is 25.5 Å². The van der Waals surface area contributed by atoms with Crippen molar-refractivity contribution in [2.45, 2.75) is 87.0 Å². The van der Waals surface area contributed by atoms with Gasteiger partial charge < -0.3 is 14.2 Å². The largest absolute Gasteiger partial charge is 0.457 e. The predicted molar refractivity (Wildman–Crippen MR) is 122 cm³/mol. The number of ether oxygens (including phenoxy) is 3. The Morgan fingerprint density at radius 1 is 1.23 bits per heavy atom. The summed E-state index contributed by atoms with van der Waals surface area (Å²) in [4.78, 5) is 12.8. The minimum atomic E-state index is -0.489. The average molecular weight is 417 g/mol. The van der Waals surface area contributed by atoms with E-state index in [1.54, 1.807) is 0 Å². The number of carbonyl (C=O) groups excluding carboxylic acids is 1. The molecule has 0 aliphatic carbocycles. The quantitative estimate of drug-likeness (QED) is 0.452. The SMILES string of the molecule is CCCC(OC(=O)C(C)(C)CC)c1cc(C)cc(C)c1/C=C/C1OCC(C)(C)CO1. The Hall–Kier alpha value is -1.65. The fraction of sp³-hybridized carbons (Fsp3) is 0.654. The fourth-order valence-electron chi connectivity index (χ4n) is 3.47. The molecule has 0 aromatic heterocycles. The third kappa shape index (κ3) is 6.42. The Morgan fingerprint density at radius 3 is 2.43 bits per heavy atom. The maximum absolute atomic E-state index is 12.8. The summed E-state index contributed by atoms with van der Waals surface area (Å²) in [5.41, 5.74) is 4.02. The molecule has 1 fully saturated rings. The van der Waals surface area contributed by atoms with E-state index in [9.17, 15) is 4.79 Å². The van der Waals surface area contributed by atoms with Crippen LogP contribution in [0.3, 0.4) is 0 Å². The van der Waals surface area contributed by atoms with Crippen molar-refractivity contribution in [3.8, 4) is 0 Å². The van der Waals surface area contributed by atoms with Gasteiger partial charge in [0.2, 0.25) is 0 Å². The Bertz CT molecular complexity index is 751. The topological polar surface area (TPSA) is 44.8 Å². The molecule has 4 nitrogen and oxygen atoms in total. The lowest BCUT2D eigenvalue weighted by atomic mass is 9.89. The van der Waals surface area contributed by atoms with E-state index in [1.807, 2.05) is 26.8 Å². The summed E-state index contributed by atoms with van der Waals surface area (Å²) in [5.74, 6) is -0.140. The number of rotatable bonds is 8. The molecule has 30 heavy (non-hydrogen) atoms. The third-order valence-corrected chi connectivity index (χ3v) is 5.84. The minimum absolute atomic E-state index is 0.0434. The molecular weight excluding hydrogens is 376 g/mol. The highest BCUT2D eigenvalue weighted by atomic mass is 16.7. The van der Waals surface area contributed by atoms with Gasteiger partial charge >= 0.3 is 5.97 Å². The summed E-state index contributed by atoms with van der Waals surface area (Å²) in [6.45, 7) is 17.8. The van der Waals surface area contributed by atoms with Gasteiger partial charge in [-0.05, 0) is 57.7 Å². The summed E-state index contributed by atoms with van der Waals surface area (Å²) >= 11 is 0. The first-order valence-electron chi connectivity index (χ1n) is 11.2. The van der Waals surface area contributed by atoms with Gasteiger partial charge in [0.1, 0.15) is 6.10 Å². The molecule has 0 radical (unpaired) electrons. The van der Waals surface area contributed by atoms with Crippen LogP contribution in [0.4, 0.5) is 0 Å². The standard InChI is InChI=1S/C26H40O4/c1-9-11-22(30-24(27)26(7,8)10-2)21-15-18(3)14-19(4)20(21)12-13-23-28-16-25(5,6)17-29-23/h12-15,22-23H,9-11,16-17H2,1-8H3/b13-12+. The number of aryl methyl sites for hydroxylation is 2. The molecule has 1 aliphatic heterocycles. The van der Waals surface area contributed by atoms with E-state index < -0.39 is 5.41 Å². The summed E-state index contributed by atoms with van der Waals surface area (Å²) in [5, 5.41) is 0. The van der Waals surface area contributed by atoms with Crippen molar-refractivity contribution in [1.82, 2.24) is 0 Å². The van der Waals surface area contributed by atoms with Crippen molar-refractivity contribution in [3.05, 3.63) is 40.5 Å². The highest BCUT2D eigenvalue weighted by Crippen LogP contribution is 2.34. The lowest BCUT2D eigenvalue weighted by Crippen LogP contribution is -2.36. The predicted octanol–water partition coefficient (Wildman–Crippen LogP) is 6.54. The van der Waals surface area contributed by atoms with E-state index in [1.165, 1.54) is 5.56 Å². The zero-order valence-corrected chi connectivity index (χ0v) is 20.1. The van der Waals surface area contributed by atoms with E-state index in [0.717, 1.165) is 36.0 Å². The second-order valence-corrected chi connectivity index (χ2v) is 10.0. The van der Waals surface area contributed by atoms with Crippen LogP contribution >= 0.6 is 0 Å². The molecule has 0 spiro atoms. The highest BCUT2D eigenvalue weighted by molar-refractivity contribution is 5.76. The van der Waals surface area contributed by atoms with E-state index in [0.29, 0.717) is 13.2 Å². The van der Waals surface area contributed by atoms with Crippen molar-refractivity contribution in [3.63, 3.8) is 0 Å². The van der Waals surface area contributed by atoms with Gasteiger partial charge in [-0.15, -0.1) is 0 Å².